The van der Waals surface area contributed by atoms with Gasteiger partial charge in [0.05, 0.1) is 5.69 Å². The number of ether oxygens (including phenoxy) is 1. The van der Waals surface area contributed by atoms with Crippen LogP contribution in [0.4, 0.5) is 10.5 Å². The lowest BCUT2D eigenvalue weighted by atomic mass is 9.48. The highest BCUT2D eigenvalue weighted by Crippen LogP contribution is 2.60. The van der Waals surface area contributed by atoms with E-state index in [2.05, 4.69) is 17.4 Å². The summed E-state index contributed by atoms with van der Waals surface area (Å²) in [5.41, 5.74) is 4.88. The number of aryl methyl sites for hydroxylation is 1. The van der Waals surface area contributed by atoms with E-state index >= 15 is 0 Å². The van der Waals surface area contributed by atoms with E-state index in [0.29, 0.717) is 23.6 Å². The molecule has 0 spiro atoms. The van der Waals surface area contributed by atoms with Crippen molar-refractivity contribution in [3.63, 3.8) is 0 Å². The van der Waals surface area contributed by atoms with Crippen LogP contribution in [-0.2, 0) is 21.6 Å². The molecule has 8 rings (SSSR count). The molecule has 3 aromatic carbocycles. The van der Waals surface area contributed by atoms with E-state index in [1.54, 1.807) is 24.3 Å². The molecule has 208 valence electrons. The normalized spacial score (nSPS) is 27.8. The average molecular weight is 547 g/mol. The van der Waals surface area contributed by atoms with E-state index in [1.807, 2.05) is 43.3 Å². The Bertz CT molecular complexity index is 1500. The molecule has 5 fully saturated rings. The molecule has 1 aliphatic heterocycles. The van der Waals surface area contributed by atoms with Crippen LogP contribution in [0.15, 0.2) is 78.4 Å². The molecule has 4 bridgehead atoms. The smallest absolute Gasteiger partial charge is 0.335 e. The Morgan fingerprint density at radius 2 is 1.44 bits per heavy atom. The maximum Gasteiger partial charge on any atom is 0.335 e. The van der Waals surface area contributed by atoms with Gasteiger partial charge in [-0.2, -0.15) is 0 Å². The van der Waals surface area contributed by atoms with Crippen LogP contribution < -0.4 is 15.0 Å². The van der Waals surface area contributed by atoms with Crippen molar-refractivity contribution in [2.75, 3.05) is 4.90 Å². The van der Waals surface area contributed by atoms with Gasteiger partial charge in [0.25, 0.3) is 11.8 Å². The molecule has 0 unspecified atom stereocenters. The van der Waals surface area contributed by atoms with Gasteiger partial charge in [0.1, 0.15) is 17.9 Å². The molecule has 6 heteroatoms. The molecular formula is C35H34N2O4. The third-order valence-corrected chi connectivity index (χ3v) is 9.59. The average Bonchev–Trinajstić information content (AvgIpc) is 2.95. The zero-order valence-electron chi connectivity index (χ0n) is 23.3. The van der Waals surface area contributed by atoms with E-state index in [9.17, 15) is 14.4 Å². The number of barbiturate groups is 1. The van der Waals surface area contributed by atoms with Gasteiger partial charge in [-0.1, -0.05) is 54.1 Å². The number of nitrogens with one attached hydrogen (secondary N) is 1. The summed E-state index contributed by atoms with van der Waals surface area (Å²) in [5, 5.41) is 2.34. The number of amides is 4. The molecule has 1 saturated heterocycles. The number of anilines is 1. The summed E-state index contributed by atoms with van der Waals surface area (Å²) in [6.07, 6.45) is 9.41. The lowest BCUT2D eigenvalue weighted by Gasteiger charge is -2.57. The van der Waals surface area contributed by atoms with Crippen molar-refractivity contribution in [1.82, 2.24) is 5.32 Å². The summed E-state index contributed by atoms with van der Waals surface area (Å²) in [4.78, 5) is 40.0. The largest absolute Gasteiger partial charge is 0.489 e. The number of imide groups is 2. The molecule has 41 heavy (non-hydrogen) atoms. The van der Waals surface area contributed by atoms with Crippen molar-refractivity contribution >= 4 is 29.6 Å². The van der Waals surface area contributed by atoms with Crippen molar-refractivity contribution in [3.8, 4) is 5.75 Å². The second-order valence-electron chi connectivity index (χ2n) is 12.5. The molecule has 0 atom stereocenters. The topological polar surface area (TPSA) is 75.7 Å². The van der Waals surface area contributed by atoms with Gasteiger partial charge >= 0.3 is 6.03 Å². The number of carbonyl (C=O) groups excluding carboxylic acids is 3. The van der Waals surface area contributed by atoms with E-state index in [4.69, 9.17) is 4.74 Å². The van der Waals surface area contributed by atoms with Crippen LogP contribution >= 0.6 is 0 Å². The summed E-state index contributed by atoms with van der Waals surface area (Å²) in [7, 11) is 0. The van der Waals surface area contributed by atoms with Crippen LogP contribution in [0, 0.1) is 24.7 Å². The third kappa shape index (κ3) is 4.86. The maximum absolute atomic E-state index is 13.5. The molecule has 0 aromatic heterocycles. The van der Waals surface area contributed by atoms with Gasteiger partial charge in [0, 0.05) is 0 Å². The van der Waals surface area contributed by atoms with E-state index < -0.39 is 17.8 Å². The standard InChI is InChI=1S/C35H34N2O4/c1-22-2-4-24(5-3-22)21-41-30-12-6-23(7-13-30)17-31-32(38)36-34(40)37(33(31)39)29-10-8-28(9-11-29)35-18-25-14-26(19-35)16-27(15-25)20-35/h2-13,17,25-27H,14-16,18-21H2,1H3,(H,36,38,40)/b31-17+. The first-order valence-corrected chi connectivity index (χ1v) is 14.7. The third-order valence-electron chi connectivity index (χ3n) is 9.59. The zero-order valence-corrected chi connectivity index (χ0v) is 23.3. The summed E-state index contributed by atoms with van der Waals surface area (Å²) in [6, 6.07) is 22.5. The molecule has 6 nitrogen and oxygen atoms in total. The molecule has 5 aliphatic rings. The van der Waals surface area contributed by atoms with Crippen LogP contribution in [0.1, 0.15) is 60.8 Å². The quantitative estimate of drug-likeness (QED) is 0.276. The summed E-state index contributed by atoms with van der Waals surface area (Å²) < 4.78 is 5.87. The minimum Gasteiger partial charge on any atom is -0.489 e. The monoisotopic (exact) mass is 546 g/mol. The minimum absolute atomic E-state index is 0.0805. The molecule has 4 aliphatic carbocycles. The van der Waals surface area contributed by atoms with Gasteiger partial charge in [0.2, 0.25) is 0 Å². The number of urea groups is 1. The Labute approximate surface area is 240 Å². The maximum atomic E-state index is 13.5. The van der Waals surface area contributed by atoms with Gasteiger partial charge in [0.15, 0.2) is 0 Å². The van der Waals surface area contributed by atoms with E-state index in [1.165, 1.54) is 55.7 Å². The fourth-order valence-corrected chi connectivity index (χ4v) is 8.00. The lowest BCUT2D eigenvalue weighted by Crippen LogP contribution is -2.54. The number of hydrogen-bond donors (Lipinski definition) is 1. The Hall–Kier alpha value is -4.19. The minimum atomic E-state index is -0.723. The molecule has 4 saturated carbocycles. The zero-order chi connectivity index (χ0) is 28.1. The lowest BCUT2D eigenvalue weighted by molar-refractivity contribution is -0.122. The SMILES string of the molecule is Cc1ccc(COc2ccc(/C=C3\C(=O)NC(=O)N(c4ccc(C56CC7CC(CC(C7)C5)C6)cc4)C3=O)cc2)cc1. The van der Waals surface area contributed by atoms with Crippen molar-refractivity contribution in [3.05, 3.63) is 101 Å². The molecular weight excluding hydrogens is 512 g/mol. The number of carbonyl (C=O) groups is 3. The van der Waals surface area contributed by atoms with Gasteiger partial charge in [-0.3, -0.25) is 14.9 Å². The molecule has 0 radical (unpaired) electrons. The van der Waals surface area contributed by atoms with Crippen LogP contribution in [0.3, 0.4) is 0 Å². The first kappa shape index (κ1) is 25.8. The van der Waals surface area contributed by atoms with E-state index in [0.717, 1.165) is 28.2 Å². The molecule has 1 N–H and O–H groups in total. The molecule has 1 heterocycles. The van der Waals surface area contributed by atoms with Gasteiger partial charge in [-0.05, 0) is 116 Å². The fourth-order valence-electron chi connectivity index (χ4n) is 8.00. The van der Waals surface area contributed by atoms with Gasteiger partial charge < -0.3 is 4.74 Å². The summed E-state index contributed by atoms with van der Waals surface area (Å²) in [5.74, 6) is 1.87. The van der Waals surface area contributed by atoms with Gasteiger partial charge in [-0.15, -0.1) is 0 Å². The Morgan fingerprint density at radius 1 is 0.829 bits per heavy atom. The Morgan fingerprint density at radius 3 is 2.05 bits per heavy atom. The second kappa shape index (κ2) is 10.0. The van der Waals surface area contributed by atoms with Crippen LogP contribution in [-0.4, -0.2) is 17.8 Å². The number of rotatable bonds is 6. The first-order chi connectivity index (χ1) is 19.8. The van der Waals surface area contributed by atoms with Gasteiger partial charge in [-0.25, -0.2) is 9.69 Å². The van der Waals surface area contributed by atoms with Crippen molar-refractivity contribution in [2.45, 2.75) is 57.5 Å². The fraction of sp³-hybridized carbons (Fsp3) is 0.343. The molecule has 3 aromatic rings. The van der Waals surface area contributed by atoms with Crippen molar-refractivity contribution in [2.24, 2.45) is 17.8 Å². The number of nitrogens with zero attached hydrogens (tertiary/aromatic N) is 1. The predicted molar refractivity (Wildman–Crippen MR) is 157 cm³/mol. The second-order valence-corrected chi connectivity index (χ2v) is 12.5. The number of benzene rings is 3. The highest BCUT2D eigenvalue weighted by atomic mass is 16.5. The van der Waals surface area contributed by atoms with Crippen molar-refractivity contribution < 1.29 is 19.1 Å². The van der Waals surface area contributed by atoms with Crippen LogP contribution in [0.2, 0.25) is 0 Å². The van der Waals surface area contributed by atoms with Crippen LogP contribution in [0.25, 0.3) is 6.08 Å². The Kier molecular flexibility index (Phi) is 6.29. The highest BCUT2D eigenvalue weighted by molar-refractivity contribution is 6.39. The predicted octanol–water partition coefficient (Wildman–Crippen LogP) is 6.71. The highest BCUT2D eigenvalue weighted by Gasteiger charge is 2.51. The molecule has 4 amide bonds. The first-order valence-electron chi connectivity index (χ1n) is 14.7. The van der Waals surface area contributed by atoms with Crippen molar-refractivity contribution in [1.29, 1.82) is 0 Å². The summed E-state index contributed by atoms with van der Waals surface area (Å²) >= 11 is 0. The summed E-state index contributed by atoms with van der Waals surface area (Å²) in [6.45, 7) is 2.49. The number of hydrogen-bond acceptors (Lipinski definition) is 4. The van der Waals surface area contributed by atoms with Crippen LogP contribution in [0.5, 0.6) is 5.75 Å². The Balaban J connectivity index is 1.07. The van der Waals surface area contributed by atoms with E-state index in [-0.39, 0.29) is 11.0 Å².